The first-order chi connectivity index (χ1) is 6.50. The topological polar surface area (TPSA) is 32.3 Å². The average molecular weight is 262 g/mol. The van der Waals surface area contributed by atoms with Crippen LogP contribution in [-0.4, -0.2) is 17.3 Å². The van der Waals surface area contributed by atoms with Crippen LogP contribution < -0.4 is 5.32 Å². The largest absolute Gasteiger partial charge is 0.391 e. The van der Waals surface area contributed by atoms with Crippen LogP contribution in [0, 0.1) is 5.82 Å². The molecule has 0 aliphatic heterocycles. The lowest BCUT2D eigenvalue weighted by Crippen LogP contribution is -2.28. The molecule has 0 bridgehead atoms. The Morgan fingerprint density at radius 3 is 2.64 bits per heavy atom. The SMILES string of the molecule is CC(O)C(C)Nc1cc(Br)ccc1F. The first kappa shape index (κ1) is 11.5. The number of anilines is 1. The minimum Gasteiger partial charge on any atom is -0.391 e. The van der Waals surface area contributed by atoms with Gasteiger partial charge in [0.1, 0.15) is 5.82 Å². The van der Waals surface area contributed by atoms with E-state index in [-0.39, 0.29) is 11.9 Å². The summed E-state index contributed by atoms with van der Waals surface area (Å²) in [6, 6.07) is 4.47. The number of hydrogen-bond acceptors (Lipinski definition) is 2. The van der Waals surface area contributed by atoms with E-state index in [4.69, 9.17) is 0 Å². The predicted octanol–water partition coefficient (Wildman–Crippen LogP) is 2.77. The Bertz CT molecular complexity index is 317. The molecule has 0 heterocycles. The standard InChI is InChI=1S/C10H13BrFNO/c1-6(7(2)14)13-10-5-8(11)3-4-9(10)12/h3-7,13-14H,1-2H3. The molecule has 1 aromatic rings. The van der Waals surface area contributed by atoms with Gasteiger partial charge in [-0.25, -0.2) is 4.39 Å². The van der Waals surface area contributed by atoms with Gasteiger partial charge in [0.05, 0.1) is 11.8 Å². The molecule has 0 fully saturated rings. The predicted molar refractivity (Wildman–Crippen MR) is 58.9 cm³/mol. The fraction of sp³-hybridized carbons (Fsp3) is 0.400. The highest BCUT2D eigenvalue weighted by Crippen LogP contribution is 2.21. The van der Waals surface area contributed by atoms with Crippen LogP contribution >= 0.6 is 15.9 Å². The first-order valence-electron chi connectivity index (χ1n) is 4.40. The van der Waals surface area contributed by atoms with E-state index >= 15 is 0 Å². The van der Waals surface area contributed by atoms with Gasteiger partial charge < -0.3 is 10.4 Å². The Kier molecular flexibility index (Phi) is 3.89. The van der Waals surface area contributed by atoms with Crippen LogP contribution in [0.4, 0.5) is 10.1 Å². The van der Waals surface area contributed by atoms with Crippen LogP contribution in [0.1, 0.15) is 13.8 Å². The number of aliphatic hydroxyl groups excluding tert-OH is 1. The van der Waals surface area contributed by atoms with Crippen molar-refractivity contribution in [3.8, 4) is 0 Å². The summed E-state index contributed by atoms with van der Waals surface area (Å²) in [5.74, 6) is -0.319. The number of nitrogens with one attached hydrogen (secondary N) is 1. The number of benzene rings is 1. The fourth-order valence-electron chi connectivity index (χ4n) is 0.974. The summed E-state index contributed by atoms with van der Waals surface area (Å²) in [4.78, 5) is 0. The molecule has 0 aromatic heterocycles. The van der Waals surface area contributed by atoms with E-state index in [2.05, 4.69) is 21.2 Å². The lowest BCUT2D eigenvalue weighted by Gasteiger charge is -2.18. The Morgan fingerprint density at radius 1 is 1.43 bits per heavy atom. The van der Waals surface area contributed by atoms with Crippen molar-refractivity contribution in [2.45, 2.75) is 26.0 Å². The van der Waals surface area contributed by atoms with Crippen molar-refractivity contribution in [1.29, 1.82) is 0 Å². The van der Waals surface area contributed by atoms with Crippen molar-refractivity contribution < 1.29 is 9.50 Å². The molecule has 0 saturated heterocycles. The average Bonchev–Trinajstić information content (AvgIpc) is 2.11. The fourth-order valence-corrected chi connectivity index (χ4v) is 1.34. The van der Waals surface area contributed by atoms with Crippen LogP contribution in [0.2, 0.25) is 0 Å². The molecule has 2 atom stereocenters. The van der Waals surface area contributed by atoms with Crippen LogP contribution in [0.3, 0.4) is 0 Å². The van der Waals surface area contributed by atoms with E-state index < -0.39 is 6.10 Å². The van der Waals surface area contributed by atoms with Crippen LogP contribution in [-0.2, 0) is 0 Å². The molecule has 2 unspecified atom stereocenters. The van der Waals surface area contributed by atoms with Crippen molar-refractivity contribution in [2.24, 2.45) is 0 Å². The smallest absolute Gasteiger partial charge is 0.146 e. The maximum absolute atomic E-state index is 13.2. The number of halogens is 2. The molecule has 0 saturated carbocycles. The van der Waals surface area contributed by atoms with Crippen LogP contribution in [0.25, 0.3) is 0 Å². The van der Waals surface area contributed by atoms with Gasteiger partial charge in [0.2, 0.25) is 0 Å². The van der Waals surface area contributed by atoms with E-state index in [9.17, 15) is 9.50 Å². The van der Waals surface area contributed by atoms with E-state index in [1.165, 1.54) is 6.07 Å². The molecular weight excluding hydrogens is 249 g/mol. The summed E-state index contributed by atoms with van der Waals surface area (Å²) >= 11 is 3.25. The Labute approximate surface area is 91.3 Å². The molecule has 4 heteroatoms. The van der Waals surface area contributed by atoms with E-state index in [1.807, 2.05) is 0 Å². The molecule has 0 spiro atoms. The second kappa shape index (κ2) is 4.75. The summed E-state index contributed by atoms with van der Waals surface area (Å²) in [6.45, 7) is 3.46. The Hall–Kier alpha value is -0.610. The van der Waals surface area contributed by atoms with Crippen molar-refractivity contribution in [3.63, 3.8) is 0 Å². The van der Waals surface area contributed by atoms with Crippen molar-refractivity contribution in [3.05, 3.63) is 28.5 Å². The van der Waals surface area contributed by atoms with Gasteiger partial charge in [0, 0.05) is 10.5 Å². The molecule has 2 nitrogen and oxygen atoms in total. The molecule has 1 rings (SSSR count). The van der Waals surface area contributed by atoms with Gasteiger partial charge in [0.25, 0.3) is 0 Å². The van der Waals surface area contributed by atoms with Gasteiger partial charge in [-0.15, -0.1) is 0 Å². The normalized spacial score (nSPS) is 14.9. The monoisotopic (exact) mass is 261 g/mol. The zero-order valence-corrected chi connectivity index (χ0v) is 9.68. The summed E-state index contributed by atoms with van der Waals surface area (Å²) in [5, 5.41) is 12.1. The van der Waals surface area contributed by atoms with Gasteiger partial charge in [-0.3, -0.25) is 0 Å². The maximum atomic E-state index is 13.2. The molecule has 0 radical (unpaired) electrons. The lowest BCUT2D eigenvalue weighted by molar-refractivity contribution is 0.177. The molecule has 0 aliphatic rings. The highest BCUT2D eigenvalue weighted by molar-refractivity contribution is 9.10. The lowest BCUT2D eigenvalue weighted by atomic mass is 10.2. The van der Waals surface area contributed by atoms with Crippen molar-refractivity contribution >= 4 is 21.6 Å². The van der Waals surface area contributed by atoms with Gasteiger partial charge >= 0.3 is 0 Å². The molecule has 78 valence electrons. The molecule has 0 amide bonds. The number of hydrogen-bond donors (Lipinski definition) is 2. The zero-order chi connectivity index (χ0) is 10.7. The quantitative estimate of drug-likeness (QED) is 0.877. The van der Waals surface area contributed by atoms with Gasteiger partial charge in [-0.1, -0.05) is 15.9 Å². The van der Waals surface area contributed by atoms with E-state index in [0.717, 1.165) is 4.47 Å². The molecule has 1 aromatic carbocycles. The summed E-state index contributed by atoms with van der Waals surface area (Å²) in [7, 11) is 0. The minimum atomic E-state index is -0.520. The third kappa shape index (κ3) is 2.96. The number of rotatable bonds is 3. The van der Waals surface area contributed by atoms with Gasteiger partial charge in [-0.2, -0.15) is 0 Å². The summed E-state index contributed by atoms with van der Waals surface area (Å²) < 4.78 is 14.0. The van der Waals surface area contributed by atoms with Crippen LogP contribution in [0.5, 0.6) is 0 Å². The maximum Gasteiger partial charge on any atom is 0.146 e. The molecule has 2 N–H and O–H groups in total. The second-order valence-corrected chi connectivity index (χ2v) is 4.21. The first-order valence-corrected chi connectivity index (χ1v) is 5.19. The van der Waals surface area contributed by atoms with E-state index in [1.54, 1.807) is 26.0 Å². The Balaban J connectivity index is 2.80. The van der Waals surface area contributed by atoms with Gasteiger partial charge in [0.15, 0.2) is 0 Å². The molecule has 14 heavy (non-hydrogen) atoms. The third-order valence-electron chi connectivity index (χ3n) is 2.04. The number of aliphatic hydroxyl groups is 1. The Morgan fingerprint density at radius 2 is 2.07 bits per heavy atom. The van der Waals surface area contributed by atoms with Crippen molar-refractivity contribution in [2.75, 3.05) is 5.32 Å². The second-order valence-electron chi connectivity index (χ2n) is 3.30. The summed E-state index contributed by atoms with van der Waals surface area (Å²) in [5.41, 5.74) is 0.396. The van der Waals surface area contributed by atoms with Gasteiger partial charge in [-0.05, 0) is 32.0 Å². The highest BCUT2D eigenvalue weighted by Gasteiger charge is 2.10. The highest BCUT2D eigenvalue weighted by atomic mass is 79.9. The minimum absolute atomic E-state index is 0.182. The third-order valence-corrected chi connectivity index (χ3v) is 2.53. The van der Waals surface area contributed by atoms with Crippen molar-refractivity contribution in [1.82, 2.24) is 0 Å². The summed E-state index contributed by atoms with van der Waals surface area (Å²) in [6.07, 6.45) is -0.520. The molecule has 0 aliphatic carbocycles. The molecular formula is C10H13BrFNO. The van der Waals surface area contributed by atoms with E-state index in [0.29, 0.717) is 5.69 Å². The van der Waals surface area contributed by atoms with Crippen LogP contribution in [0.15, 0.2) is 22.7 Å². The zero-order valence-electron chi connectivity index (χ0n) is 8.09.